The molecule has 3 rings (SSSR count). The predicted octanol–water partition coefficient (Wildman–Crippen LogP) is 2.54. The molecule has 20 heavy (non-hydrogen) atoms. The van der Waals surface area contributed by atoms with Crippen LogP contribution in [0.15, 0.2) is 18.2 Å². The predicted molar refractivity (Wildman–Crippen MR) is 75.6 cm³/mol. The molecule has 2 aliphatic heterocycles. The molecule has 0 aliphatic carbocycles. The van der Waals surface area contributed by atoms with Gasteiger partial charge >= 0.3 is 0 Å². The van der Waals surface area contributed by atoms with Crippen LogP contribution in [-0.2, 0) is 14.9 Å². The number of rotatable bonds is 6. The second-order valence-electron chi connectivity index (χ2n) is 6.42. The summed E-state index contributed by atoms with van der Waals surface area (Å²) in [6.45, 7) is 9.30. The molecule has 2 fully saturated rings. The Morgan fingerprint density at radius 3 is 2.20 bits per heavy atom. The fourth-order valence-corrected chi connectivity index (χ4v) is 2.06. The van der Waals surface area contributed by atoms with Gasteiger partial charge in [0.2, 0.25) is 0 Å². The van der Waals surface area contributed by atoms with Gasteiger partial charge in [0.05, 0.1) is 13.2 Å². The summed E-state index contributed by atoms with van der Waals surface area (Å²) < 4.78 is 22.2. The SMILES string of the molecule is CC(C)(C)c1cccc(OCC2CO2)c1OCC1CO1. The van der Waals surface area contributed by atoms with E-state index in [2.05, 4.69) is 26.8 Å². The maximum absolute atomic E-state index is 5.98. The van der Waals surface area contributed by atoms with Crippen molar-refractivity contribution in [3.8, 4) is 11.5 Å². The topological polar surface area (TPSA) is 43.5 Å². The number of hydrogen-bond acceptors (Lipinski definition) is 4. The monoisotopic (exact) mass is 278 g/mol. The molecule has 1 aromatic carbocycles. The van der Waals surface area contributed by atoms with E-state index in [4.69, 9.17) is 18.9 Å². The van der Waals surface area contributed by atoms with Crippen LogP contribution in [0.1, 0.15) is 26.3 Å². The number of ether oxygens (including phenoxy) is 4. The highest BCUT2D eigenvalue weighted by Crippen LogP contribution is 2.39. The fourth-order valence-electron chi connectivity index (χ4n) is 2.06. The van der Waals surface area contributed by atoms with E-state index in [0.29, 0.717) is 13.2 Å². The van der Waals surface area contributed by atoms with Gasteiger partial charge in [-0.05, 0) is 11.5 Å². The van der Waals surface area contributed by atoms with Gasteiger partial charge < -0.3 is 18.9 Å². The molecule has 110 valence electrons. The minimum atomic E-state index is 0.00912. The molecule has 2 aliphatic rings. The first-order valence-electron chi connectivity index (χ1n) is 7.16. The van der Waals surface area contributed by atoms with Crippen molar-refractivity contribution in [2.75, 3.05) is 26.4 Å². The van der Waals surface area contributed by atoms with Crippen LogP contribution in [0.3, 0.4) is 0 Å². The molecule has 2 unspecified atom stereocenters. The molecule has 0 saturated carbocycles. The molecular formula is C16H22O4. The van der Waals surface area contributed by atoms with Crippen molar-refractivity contribution in [2.45, 2.75) is 38.4 Å². The summed E-state index contributed by atoms with van der Waals surface area (Å²) in [6, 6.07) is 6.08. The summed E-state index contributed by atoms with van der Waals surface area (Å²) in [5.74, 6) is 1.64. The Morgan fingerprint density at radius 1 is 1.05 bits per heavy atom. The molecule has 0 radical (unpaired) electrons. The lowest BCUT2D eigenvalue weighted by molar-refractivity contribution is 0.224. The first-order chi connectivity index (χ1) is 9.54. The third-order valence-electron chi connectivity index (χ3n) is 3.43. The quantitative estimate of drug-likeness (QED) is 0.750. The van der Waals surface area contributed by atoms with E-state index >= 15 is 0 Å². The van der Waals surface area contributed by atoms with E-state index in [-0.39, 0.29) is 17.6 Å². The average molecular weight is 278 g/mol. The van der Waals surface area contributed by atoms with Crippen LogP contribution in [0.25, 0.3) is 0 Å². The minimum Gasteiger partial charge on any atom is -0.487 e. The lowest BCUT2D eigenvalue weighted by Crippen LogP contribution is -2.16. The Labute approximate surface area is 120 Å². The lowest BCUT2D eigenvalue weighted by atomic mass is 9.86. The summed E-state index contributed by atoms with van der Waals surface area (Å²) in [6.07, 6.45) is 0.482. The Morgan fingerprint density at radius 2 is 1.65 bits per heavy atom. The number of para-hydroxylation sites is 1. The summed E-state index contributed by atoms with van der Waals surface area (Å²) in [5.41, 5.74) is 1.17. The standard InChI is InChI=1S/C16H22O4/c1-16(2,3)13-5-4-6-14(19-9-11-7-17-11)15(13)20-10-12-8-18-12/h4-6,11-12H,7-10H2,1-3H3. The van der Waals surface area contributed by atoms with Crippen molar-refractivity contribution in [3.63, 3.8) is 0 Å². The third-order valence-corrected chi connectivity index (χ3v) is 3.43. The van der Waals surface area contributed by atoms with Gasteiger partial charge in [-0.3, -0.25) is 0 Å². The van der Waals surface area contributed by atoms with Crippen molar-refractivity contribution in [3.05, 3.63) is 23.8 Å². The summed E-state index contributed by atoms with van der Waals surface area (Å²) in [4.78, 5) is 0. The molecule has 1 aromatic rings. The summed E-state index contributed by atoms with van der Waals surface area (Å²) in [5, 5.41) is 0. The van der Waals surface area contributed by atoms with Crippen LogP contribution >= 0.6 is 0 Å². The average Bonchev–Trinajstić information content (AvgIpc) is 3.26. The highest BCUT2D eigenvalue weighted by atomic mass is 16.6. The lowest BCUT2D eigenvalue weighted by Gasteiger charge is -2.24. The molecule has 0 aromatic heterocycles. The summed E-state index contributed by atoms with van der Waals surface area (Å²) >= 11 is 0. The van der Waals surface area contributed by atoms with Gasteiger partial charge in [0, 0.05) is 5.56 Å². The van der Waals surface area contributed by atoms with E-state index in [0.717, 1.165) is 30.3 Å². The molecule has 0 spiro atoms. The Kier molecular flexibility index (Phi) is 3.61. The smallest absolute Gasteiger partial charge is 0.165 e. The van der Waals surface area contributed by atoms with Gasteiger partial charge in [-0.1, -0.05) is 32.9 Å². The summed E-state index contributed by atoms with van der Waals surface area (Å²) in [7, 11) is 0. The van der Waals surface area contributed by atoms with Gasteiger partial charge in [0.25, 0.3) is 0 Å². The van der Waals surface area contributed by atoms with Gasteiger partial charge in [-0.25, -0.2) is 0 Å². The van der Waals surface area contributed by atoms with Gasteiger partial charge in [-0.2, -0.15) is 0 Å². The van der Waals surface area contributed by atoms with E-state index in [1.807, 2.05) is 12.1 Å². The highest BCUT2D eigenvalue weighted by molar-refractivity contribution is 5.49. The molecule has 0 amide bonds. The van der Waals surface area contributed by atoms with Gasteiger partial charge in [-0.15, -0.1) is 0 Å². The number of benzene rings is 1. The van der Waals surface area contributed by atoms with Crippen molar-refractivity contribution in [2.24, 2.45) is 0 Å². The minimum absolute atomic E-state index is 0.00912. The molecule has 2 heterocycles. The second kappa shape index (κ2) is 5.26. The van der Waals surface area contributed by atoms with Crippen LogP contribution in [-0.4, -0.2) is 38.6 Å². The van der Waals surface area contributed by atoms with E-state index in [1.165, 1.54) is 0 Å². The van der Waals surface area contributed by atoms with E-state index in [1.54, 1.807) is 0 Å². The van der Waals surface area contributed by atoms with Crippen molar-refractivity contribution in [1.29, 1.82) is 0 Å². The van der Waals surface area contributed by atoms with Crippen molar-refractivity contribution >= 4 is 0 Å². The zero-order valence-corrected chi connectivity index (χ0v) is 12.3. The van der Waals surface area contributed by atoms with Crippen LogP contribution in [0.4, 0.5) is 0 Å². The molecule has 4 heteroatoms. The van der Waals surface area contributed by atoms with Gasteiger partial charge in [0.15, 0.2) is 11.5 Å². The Hall–Kier alpha value is -1.26. The fraction of sp³-hybridized carbons (Fsp3) is 0.625. The first kappa shape index (κ1) is 13.7. The van der Waals surface area contributed by atoms with Crippen LogP contribution in [0.2, 0.25) is 0 Å². The Bertz CT molecular complexity index is 470. The maximum Gasteiger partial charge on any atom is 0.165 e. The molecule has 0 N–H and O–H groups in total. The first-order valence-corrected chi connectivity index (χ1v) is 7.16. The highest BCUT2D eigenvalue weighted by Gasteiger charge is 2.28. The zero-order chi connectivity index (χ0) is 14.2. The van der Waals surface area contributed by atoms with Crippen LogP contribution in [0.5, 0.6) is 11.5 Å². The maximum atomic E-state index is 5.98. The largest absolute Gasteiger partial charge is 0.487 e. The number of epoxide rings is 2. The molecule has 2 saturated heterocycles. The normalized spacial score (nSPS) is 24.4. The van der Waals surface area contributed by atoms with Crippen molar-refractivity contribution < 1.29 is 18.9 Å². The third kappa shape index (κ3) is 3.44. The van der Waals surface area contributed by atoms with E-state index in [9.17, 15) is 0 Å². The molecular weight excluding hydrogens is 256 g/mol. The Balaban J connectivity index is 1.80. The van der Waals surface area contributed by atoms with Crippen molar-refractivity contribution in [1.82, 2.24) is 0 Å². The number of hydrogen-bond donors (Lipinski definition) is 0. The van der Waals surface area contributed by atoms with Crippen LogP contribution in [0, 0.1) is 0 Å². The van der Waals surface area contributed by atoms with Gasteiger partial charge in [0.1, 0.15) is 25.4 Å². The zero-order valence-electron chi connectivity index (χ0n) is 12.3. The molecule has 4 nitrogen and oxygen atoms in total. The van der Waals surface area contributed by atoms with Crippen LogP contribution < -0.4 is 9.47 Å². The second-order valence-corrected chi connectivity index (χ2v) is 6.42. The molecule has 2 atom stereocenters. The molecule has 0 bridgehead atoms. The van der Waals surface area contributed by atoms with E-state index < -0.39 is 0 Å².